The summed E-state index contributed by atoms with van der Waals surface area (Å²) in [6, 6.07) is 15.6. The van der Waals surface area contributed by atoms with Gasteiger partial charge in [0.25, 0.3) is 0 Å². The highest BCUT2D eigenvalue weighted by atomic mass is 16.6. The number of benzene rings is 2. The fourth-order valence-corrected chi connectivity index (χ4v) is 7.97. The molecule has 2 aromatic carbocycles. The van der Waals surface area contributed by atoms with Crippen LogP contribution in [0.25, 0.3) is 0 Å². The van der Waals surface area contributed by atoms with E-state index < -0.39 is 66.3 Å². The summed E-state index contributed by atoms with van der Waals surface area (Å²) in [6.45, 7) is 5.66. The highest BCUT2D eigenvalue weighted by molar-refractivity contribution is 5.99. The number of ether oxygens (including phenoxy) is 2. The lowest BCUT2D eigenvalue weighted by Crippen LogP contribution is -2.58. The van der Waals surface area contributed by atoms with Crippen LogP contribution >= 0.6 is 0 Å². The van der Waals surface area contributed by atoms with Crippen molar-refractivity contribution in [2.45, 2.75) is 88.4 Å². The lowest BCUT2D eigenvalue weighted by Gasteiger charge is -2.40. The SMILES string of the molecule is CCCC(C)N1C/C=C\CCC(=O)N[C@@H](C)[C@H](c2ccccc2)OC(=O)[C@@H]2[C@H]3C(=O)N([C@H](CO)c4ccccc4)[C@H](C1=O)[C@]31C=C[C@H]2O1. The number of hydrogen-bond acceptors (Lipinski definition) is 7. The Labute approximate surface area is 281 Å². The second kappa shape index (κ2) is 14.1. The number of carbonyl (C=O) groups is 4. The van der Waals surface area contributed by atoms with E-state index in [9.17, 15) is 24.3 Å². The molecule has 10 nitrogen and oxygen atoms in total. The van der Waals surface area contributed by atoms with Gasteiger partial charge >= 0.3 is 5.97 Å². The van der Waals surface area contributed by atoms with Crippen molar-refractivity contribution in [2.75, 3.05) is 13.2 Å². The molecule has 0 radical (unpaired) electrons. The largest absolute Gasteiger partial charge is 0.455 e. The van der Waals surface area contributed by atoms with E-state index in [1.807, 2.05) is 79.7 Å². The molecule has 254 valence electrons. The first-order valence-corrected chi connectivity index (χ1v) is 17.1. The molecular weight excluding hydrogens is 610 g/mol. The molecule has 4 heterocycles. The molecule has 1 spiro atoms. The van der Waals surface area contributed by atoms with E-state index in [0.717, 1.165) is 12.8 Å². The summed E-state index contributed by atoms with van der Waals surface area (Å²) in [5.41, 5.74) is -0.0680. The average Bonchev–Trinajstić information content (AvgIpc) is 3.73. The van der Waals surface area contributed by atoms with Gasteiger partial charge < -0.3 is 29.7 Å². The van der Waals surface area contributed by atoms with E-state index in [1.165, 1.54) is 4.90 Å². The maximum atomic E-state index is 15.0. The van der Waals surface area contributed by atoms with E-state index in [-0.39, 0.29) is 30.8 Å². The van der Waals surface area contributed by atoms with Gasteiger partial charge in [0, 0.05) is 19.0 Å². The molecule has 6 rings (SSSR count). The van der Waals surface area contributed by atoms with Crippen LogP contribution < -0.4 is 5.32 Å². The molecule has 10 heteroatoms. The molecule has 4 aliphatic rings. The molecular formula is C38H45N3O7. The molecule has 3 amide bonds. The summed E-state index contributed by atoms with van der Waals surface area (Å²) in [7, 11) is 0. The molecule has 5 bridgehead atoms. The van der Waals surface area contributed by atoms with Gasteiger partial charge in [0.05, 0.1) is 30.7 Å². The Hall–Kier alpha value is -4.28. The number of aliphatic hydroxyl groups excluding tert-OH is 1. The number of rotatable bonds is 7. The van der Waals surface area contributed by atoms with Gasteiger partial charge in [-0.25, -0.2) is 0 Å². The predicted molar refractivity (Wildman–Crippen MR) is 178 cm³/mol. The van der Waals surface area contributed by atoms with E-state index >= 15 is 0 Å². The van der Waals surface area contributed by atoms with Crippen LogP contribution in [0.5, 0.6) is 0 Å². The van der Waals surface area contributed by atoms with Crippen molar-refractivity contribution in [2.24, 2.45) is 11.8 Å². The topological polar surface area (TPSA) is 125 Å². The minimum Gasteiger partial charge on any atom is -0.455 e. The standard InChI is InChI=1S/C38H45N3O7/c1-4-14-24(2)40-22-13-7-12-19-30(43)39-25(3)33(27-17-10-6-11-18-27)47-37(46)31-29-20-21-38(48-29)32(31)35(44)41(34(38)36(40)45)28(23-42)26-15-8-5-9-16-26/h5-11,13,15-18,20-21,24-25,28-29,31-34,42H,4,12,14,19,22-23H2,1-3H3,(H,39,43)/b13-7-/t24?,25-,28+,29+,31-,32-,33+,34+,38-/m0/s1. The molecule has 0 aliphatic carbocycles. The minimum absolute atomic E-state index is 0.176. The van der Waals surface area contributed by atoms with Crippen molar-refractivity contribution < 1.29 is 33.8 Å². The summed E-state index contributed by atoms with van der Waals surface area (Å²) < 4.78 is 12.8. The molecule has 48 heavy (non-hydrogen) atoms. The molecule has 9 atom stereocenters. The molecule has 2 saturated heterocycles. The predicted octanol–water partition coefficient (Wildman–Crippen LogP) is 4.03. The number of aliphatic hydroxyl groups is 1. The number of likely N-dealkylation sites (tertiary alicyclic amines) is 1. The number of allylic oxidation sites excluding steroid dienone is 1. The number of nitrogens with one attached hydrogen (secondary N) is 1. The molecule has 2 N–H and O–H groups in total. The Morgan fingerprint density at radius 3 is 2.40 bits per heavy atom. The number of cyclic esters (lactones) is 1. The first-order chi connectivity index (χ1) is 23.2. The normalized spacial score (nSPS) is 32.5. The number of amides is 3. The zero-order valence-corrected chi connectivity index (χ0v) is 27.7. The van der Waals surface area contributed by atoms with Gasteiger partial charge in [0.2, 0.25) is 17.7 Å². The van der Waals surface area contributed by atoms with Crippen LogP contribution in [0, 0.1) is 11.8 Å². The number of fused-ring (bicyclic) bond motifs is 2. The van der Waals surface area contributed by atoms with Gasteiger partial charge in [0.1, 0.15) is 23.7 Å². The number of hydrogen-bond donors (Lipinski definition) is 2. The van der Waals surface area contributed by atoms with Crippen LogP contribution in [0.1, 0.15) is 69.7 Å². The summed E-state index contributed by atoms with van der Waals surface area (Å²) in [5, 5.41) is 13.8. The Kier molecular flexibility index (Phi) is 9.85. The highest BCUT2D eigenvalue weighted by Gasteiger charge is 2.74. The van der Waals surface area contributed by atoms with E-state index in [2.05, 4.69) is 12.2 Å². The van der Waals surface area contributed by atoms with Crippen LogP contribution in [0.15, 0.2) is 85.0 Å². The van der Waals surface area contributed by atoms with Crippen LogP contribution in [0.4, 0.5) is 0 Å². The minimum atomic E-state index is -1.44. The number of nitrogens with zero attached hydrogens (tertiary/aromatic N) is 2. The second-order valence-electron chi connectivity index (χ2n) is 13.3. The fourth-order valence-electron chi connectivity index (χ4n) is 7.97. The lowest BCUT2D eigenvalue weighted by atomic mass is 9.74. The second-order valence-corrected chi connectivity index (χ2v) is 13.3. The van der Waals surface area contributed by atoms with E-state index in [1.54, 1.807) is 24.0 Å². The summed E-state index contributed by atoms with van der Waals surface area (Å²) in [6.07, 6.45) is 7.94. The Balaban J connectivity index is 1.48. The van der Waals surface area contributed by atoms with Crippen LogP contribution in [0.2, 0.25) is 0 Å². The van der Waals surface area contributed by atoms with Crippen LogP contribution in [0.3, 0.4) is 0 Å². The van der Waals surface area contributed by atoms with Crippen LogP contribution in [-0.4, -0.2) is 81.6 Å². The average molecular weight is 656 g/mol. The molecule has 4 aliphatic heterocycles. The summed E-state index contributed by atoms with van der Waals surface area (Å²) in [5.74, 6) is -3.68. The summed E-state index contributed by atoms with van der Waals surface area (Å²) >= 11 is 0. The Bertz CT molecular complexity index is 1560. The van der Waals surface area contributed by atoms with Crippen LogP contribution in [-0.2, 0) is 28.7 Å². The third-order valence-electron chi connectivity index (χ3n) is 10.3. The van der Waals surface area contributed by atoms with Gasteiger partial charge in [-0.1, -0.05) is 98.3 Å². The fraction of sp³-hybridized carbons (Fsp3) is 0.474. The lowest BCUT2D eigenvalue weighted by molar-refractivity contribution is -0.162. The zero-order chi connectivity index (χ0) is 34.0. The van der Waals surface area contributed by atoms with Gasteiger partial charge in [-0.15, -0.1) is 0 Å². The Morgan fingerprint density at radius 1 is 1.00 bits per heavy atom. The van der Waals surface area contributed by atoms with Crippen molar-refractivity contribution in [3.05, 3.63) is 96.1 Å². The van der Waals surface area contributed by atoms with Gasteiger partial charge in [-0.2, -0.15) is 0 Å². The van der Waals surface area contributed by atoms with Gasteiger partial charge in [-0.3, -0.25) is 19.2 Å². The number of carbonyl (C=O) groups excluding carboxylic acids is 4. The zero-order valence-electron chi connectivity index (χ0n) is 27.7. The molecule has 1 unspecified atom stereocenters. The smallest absolute Gasteiger partial charge is 0.313 e. The molecule has 2 fully saturated rings. The number of esters is 1. The maximum Gasteiger partial charge on any atom is 0.313 e. The van der Waals surface area contributed by atoms with Crippen molar-refractivity contribution in [3.8, 4) is 0 Å². The van der Waals surface area contributed by atoms with Crippen molar-refractivity contribution in [1.82, 2.24) is 15.1 Å². The van der Waals surface area contributed by atoms with Crippen molar-refractivity contribution in [3.63, 3.8) is 0 Å². The highest BCUT2D eigenvalue weighted by Crippen LogP contribution is 2.57. The first kappa shape index (κ1) is 33.6. The maximum absolute atomic E-state index is 15.0. The van der Waals surface area contributed by atoms with Gasteiger partial charge in [0.15, 0.2) is 0 Å². The summed E-state index contributed by atoms with van der Waals surface area (Å²) in [4.78, 5) is 60.3. The monoisotopic (exact) mass is 655 g/mol. The Morgan fingerprint density at radius 2 is 1.71 bits per heavy atom. The molecule has 0 aromatic heterocycles. The van der Waals surface area contributed by atoms with E-state index in [4.69, 9.17) is 9.47 Å². The van der Waals surface area contributed by atoms with Crippen molar-refractivity contribution >= 4 is 23.7 Å². The molecule has 0 saturated carbocycles. The van der Waals surface area contributed by atoms with Crippen molar-refractivity contribution in [1.29, 1.82) is 0 Å². The third kappa shape index (κ3) is 5.96. The van der Waals surface area contributed by atoms with E-state index in [0.29, 0.717) is 17.5 Å². The first-order valence-electron chi connectivity index (χ1n) is 17.1. The quantitative estimate of drug-likeness (QED) is 0.341. The van der Waals surface area contributed by atoms with Gasteiger partial charge in [-0.05, 0) is 37.8 Å². The molecule has 2 aromatic rings. The third-order valence-corrected chi connectivity index (χ3v) is 10.3.